The Kier molecular flexibility index (Phi) is 10.2. The first-order chi connectivity index (χ1) is 8.69. The number of nitrogens with zero attached hydrogens (tertiary/aromatic N) is 2. The smallest absolute Gasteiger partial charge is 0.241 e. The van der Waals surface area contributed by atoms with Gasteiger partial charge in [-0.05, 0) is 13.0 Å². The largest absolute Gasteiger partial charge is 0.383 e. The summed E-state index contributed by atoms with van der Waals surface area (Å²) in [6.45, 7) is 5.34. The number of hydrogen-bond donors (Lipinski definition) is 1. The van der Waals surface area contributed by atoms with Crippen molar-refractivity contribution < 1.29 is 14.3 Å². The highest BCUT2D eigenvalue weighted by atomic mass is 35.5. The van der Waals surface area contributed by atoms with Gasteiger partial charge in [-0.25, -0.2) is 0 Å². The predicted octanol–water partition coefficient (Wildman–Crippen LogP) is -0.437. The van der Waals surface area contributed by atoms with Gasteiger partial charge >= 0.3 is 0 Å². The molecule has 1 saturated heterocycles. The number of halogens is 1. The highest BCUT2D eigenvalue weighted by Gasteiger charge is 2.23. The van der Waals surface area contributed by atoms with E-state index < -0.39 is 6.04 Å². The second kappa shape index (κ2) is 10.4. The molecule has 2 N–H and O–H groups in total. The third-order valence-electron chi connectivity index (χ3n) is 3.18. The van der Waals surface area contributed by atoms with E-state index in [-0.39, 0.29) is 24.9 Å². The molecule has 7 heteroatoms. The number of carbonyl (C=O) groups excluding carboxylic acids is 1. The van der Waals surface area contributed by atoms with Crippen LogP contribution in [-0.4, -0.2) is 81.9 Å². The normalized spacial score (nSPS) is 18.6. The summed E-state index contributed by atoms with van der Waals surface area (Å²) < 4.78 is 9.99. The Labute approximate surface area is 121 Å². The first kappa shape index (κ1) is 18.6. The average Bonchev–Trinajstić information content (AvgIpc) is 2.61. The molecular weight excluding hydrogens is 270 g/mol. The first-order valence-electron chi connectivity index (χ1n) is 6.43. The molecule has 0 aliphatic carbocycles. The van der Waals surface area contributed by atoms with Gasteiger partial charge in [-0.3, -0.25) is 9.69 Å². The Bertz CT molecular complexity index is 256. The van der Waals surface area contributed by atoms with E-state index in [4.69, 9.17) is 15.2 Å². The summed E-state index contributed by atoms with van der Waals surface area (Å²) in [5.41, 5.74) is 5.77. The highest BCUT2D eigenvalue weighted by Crippen LogP contribution is 2.04. The monoisotopic (exact) mass is 295 g/mol. The molecule has 0 radical (unpaired) electrons. The summed E-state index contributed by atoms with van der Waals surface area (Å²) in [6, 6.07) is -0.541. The van der Waals surface area contributed by atoms with Crippen molar-refractivity contribution in [3.63, 3.8) is 0 Å². The lowest BCUT2D eigenvalue weighted by Gasteiger charge is -2.24. The summed E-state index contributed by atoms with van der Waals surface area (Å²) in [6.07, 6.45) is 0.981. The summed E-state index contributed by atoms with van der Waals surface area (Å²) >= 11 is 0. The summed E-state index contributed by atoms with van der Waals surface area (Å²) in [4.78, 5) is 16.2. The van der Waals surface area contributed by atoms with Gasteiger partial charge in [-0.1, -0.05) is 0 Å². The van der Waals surface area contributed by atoms with Crippen LogP contribution in [0.25, 0.3) is 0 Å². The molecule has 0 aromatic heterocycles. The maximum absolute atomic E-state index is 12.0. The minimum Gasteiger partial charge on any atom is -0.383 e. The number of methoxy groups -OCH3 is 2. The molecule has 0 bridgehead atoms. The van der Waals surface area contributed by atoms with Crippen LogP contribution in [0.15, 0.2) is 0 Å². The fourth-order valence-corrected chi connectivity index (χ4v) is 2.12. The van der Waals surface area contributed by atoms with Gasteiger partial charge in [0, 0.05) is 40.4 Å². The number of rotatable bonds is 6. The van der Waals surface area contributed by atoms with E-state index in [1.54, 1.807) is 14.2 Å². The predicted molar refractivity (Wildman–Crippen MR) is 76.6 cm³/mol. The molecule has 1 fully saturated rings. The van der Waals surface area contributed by atoms with Gasteiger partial charge in [0.2, 0.25) is 5.91 Å². The number of hydrogen-bond acceptors (Lipinski definition) is 5. The molecule has 1 atom stereocenters. The minimum atomic E-state index is -0.541. The molecule has 1 aliphatic rings. The summed E-state index contributed by atoms with van der Waals surface area (Å²) in [5, 5.41) is 0. The average molecular weight is 296 g/mol. The third kappa shape index (κ3) is 6.54. The van der Waals surface area contributed by atoms with Crippen LogP contribution in [0.1, 0.15) is 6.42 Å². The van der Waals surface area contributed by atoms with Crippen molar-refractivity contribution in [1.82, 2.24) is 9.80 Å². The number of nitrogens with two attached hydrogens (primary N) is 1. The number of carbonyl (C=O) groups is 1. The fraction of sp³-hybridized carbons (Fsp3) is 0.917. The number of ether oxygens (including phenoxy) is 2. The SMILES string of the molecule is COCCN1CCCN(C(=O)C(N)COC)CC1.Cl. The van der Waals surface area contributed by atoms with E-state index in [0.29, 0.717) is 0 Å². The summed E-state index contributed by atoms with van der Waals surface area (Å²) in [5.74, 6) is -0.00885. The standard InChI is InChI=1S/C12H25N3O3.ClH/c1-17-9-8-14-4-3-5-15(7-6-14)12(16)11(13)10-18-2;/h11H,3-10,13H2,1-2H3;1H. The van der Waals surface area contributed by atoms with Crippen molar-refractivity contribution in [2.24, 2.45) is 5.73 Å². The van der Waals surface area contributed by atoms with Gasteiger partial charge in [-0.15, -0.1) is 12.4 Å². The van der Waals surface area contributed by atoms with E-state index in [2.05, 4.69) is 4.90 Å². The molecule has 1 unspecified atom stereocenters. The Morgan fingerprint density at radius 1 is 1.21 bits per heavy atom. The van der Waals surface area contributed by atoms with Gasteiger partial charge in [0.25, 0.3) is 0 Å². The second-order valence-electron chi connectivity index (χ2n) is 4.58. The lowest BCUT2D eigenvalue weighted by Crippen LogP contribution is -2.47. The third-order valence-corrected chi connectivity index (χ3v) is 3.18. The van der Waals surface area contributed by atoms with Gasteiger partial charge in [-0.2, -0.15) is 0 Å². The van der Waals surface area contributed by atoms with Crippen molar-refractivity contribution >= 4 is 18.3 Å². The molecule has 0 aromatic carbocycles. The molecule has 1 rings (SSSR count). The molecule has 0 saturated carbocycles. The molecule has 1 amide bonds. The van der Waals surface area contributed by atoms with Crippen molar-refractivity contribution in [3.05, 3.63) is 0 Å². The van der Waals surface area contributed by atoms with E-state index in [1.165, 1.54) is 0 Å². The van der Waals surface area contributed by atoms with Gasteiger partial charge in [0.15, 0.2) is 0 Å². The van der Waals surface area contributed by atoms with Crippen LogP contribution in [0.2, 0.25) is 0 Å². The highest BCUT2D eigenvalue weighted by molar-refractivity contribution is 5.85. The maximum Gasteiger partial charge on any atom is 0.241 e. The van der Waals surface area contributed by atoms with Crippen molar-refractivity contribution in [2.45, 2.75) is 12.5 Å². The first-order valence-corrected chi connectivity index (χ1v) is 6.43. The molecule has 0 aromatic rings. The van der Waals surface area contributed by atoms with E-state index in [0.717, 1.165) is 45.8 Å². The molecule has 6 nitrogen and oxygen atoms in total. The van der Waals surface area contributed by atoms with Crippen LogP contribution in [0.4, 0.5) is 0 Å². The number of amides is 1. The zero-order chi connectivity index (χ0) is 13.4. The Hall–Kier alpha value is -0.400. The Morgan fingerprint density at radius 3 is 2.58 bits per heavy atom. The van der Waals surface area contributed by atoms with Crippen LogP contribution >= 0.6 is 12.4 Å². The van der Waals surface area contributed by atoms with Crippen molar-refractivity contribution in [1.29, 1.82) is 0 Å². The maximum atomic E-state index is 12.0. The van der Waals surface area contributed by atoms with Crippen LogP contribution in [-0.2, 0) is 14.3 Å². The van der Waals surface area contributed by atoms with Gasteiger partial charge < -0.3 is 20.1 Å². The van der Waals surface area contributed by atoms with Crippen molar-refractivity contribution in [2.75, 3.05) is 60.2 Å². The Balaban J connectivity index is 0.00000324. The zero-order valence-electron chi connectivity index (χ0n) is 11.8. The molecule has 1 aliphatic heterocycles. The van der Waals surface area contributed by atoms with Crippen molar-refractivity contribution in [3.8, 4) is 0 Å². The van der Waals surface area contributed by atoms with Crippen LogP contribution < -0.4 is 5.73 Å². The zero-order valence-corrected chi connectivity index (χ0v) is 12.7. The molecule has 0 spiro atoms. The lowest BCUT2D eigenvalue weighted by molar-refractivity contribution is -0.133. The van der Waals surface area contributed by atoms with E-state index in [1.807, 2.05) is 4.90 Å². The van der Waals surface area contributed by atoms with Crippen LogP contribution in [0.5, 0.6) is 0 Å². The molecule has 114 valence electrons. The topological polar surface area (TPSA) is 68.0 Å². The van der Waals surface area contributed by atoms with E-state index >= 15 is 0 Å². The van der Waals surface area contributed by atoms with Crippen LogP contribution in [0.3, 0.4) is 0 Å². The molecule has 19 heavy (non-hydrogen) atoms. The minimum absolute atomic E-state index is 0. The quantitative estimate of drug-likeness (QED) is 0.720. The Morgan fingerprint density at radius 2 is 1.95 bits per heavy atom. The van der Waals surface area contributed by atoms with E-state index in [9.17, 15) is 4.79 Å². The fourth-order valence-electron chi connectivity index (χ4n) is 2.12. The second-order valence-corrected chi connectivity index (χ2v) is 4.58. The van der Waals surface area contributed by atoms with Gasteiger partial charge in [0.05, 0.1) is 13.2 Å². The summed E-state index contributed by atoms with van der Waals surface area (Å²) in [7, 11) is 3.26. The molecule has 1 heterocycles. The lowest BCUT2D eigenvalue weighted by atomic mass is 10.2. The molecular formula is C12H26ClN3O3. The van der Waals surface area contributed by atoms with Crippen LogP contribution in [0, 0.1) is 0 Å². The van der Waals surface area contributed by atoms with Gasteiger partial charge in [0.1, 0.15) is 6.04 Å².